The number of halogens is 1. The van der Waals surface area contributed by atoms with Crippen LogP contribution in [0.4, 0.5) is 0 Å². The highest BCUT2D eigenvalue weighted by atomic mass is 79.9. The molecule has 0 aliphatic carbocycles. The maximum absolute atomic E-state index is 11.6. The van der Waals surface area contributed by atoms with Gasteiger partial charge in [0.15, 0.2) is 0 Å². The van der Waals surface area contributed by atoms with Crippen molar-refractivity contribution in [3.63, 3.8) is 0 Å². The van der Waals surface area contributed by atoms with Crippen molar-refractivity contribution in [1.29, 1.82) is 0 Å². The van der Waals surface area contributed by atoms with E-state index in [9.17, 15) is 4.79 Å². The van der Waals surface area contributed by atoms with E-state index in [2.05, 4.69) is 21.2 Å². The largest absolute Gasteiger partial charge is 0.348 e. The second-order valence-corrected chi connectivity index (χ2v) is 4.23. The summed E-state index contributed by atoms with van der Waals surface area (Å²) in [6, 6.07) is 5.71. The van der Waals surface area contributed by atoms with Gasteiger partial charge in [-0.05, 0) is 24.1 Å². The van der Waals surface area contributed by atoms with Crippen LogP contribution in [0.1, 0.15) is 15.9 Å². The van der Waals surface area contributed by atoms with E-state index in [1.165, 1.54) is 0 Å². The Hall–Kier alpha value is -0.870. The zero-order chi connectivity index (χ0) is 10.1. The second kappa shape index (κ2) is 3.71. The van der Waals surface area contributed by atoms with Crippen LogP contribution in [0.5, 0.6) is 0 Å². The molecule has 1 aromatic carbocycles. The number of carbonyl (C=O) groups excluding carboxylic acids is 1. The van der Waals surface area contributed by atoms with Crippen LogP contribution >= 0.6 is 15.9 Å². The maximum Gasteiger partial charge on any atom is 0.251 e. The van der Waals surface area contributed by atoms with E-state index in [-0.39, 0.29) is 11.9 Å². The molecule has 1 atom stereocenters. The summed E-state index contributed by atoms with van der Waals surface area (Å²) in [4.78, 5) is 11.6. The third-order valence-electron chi connectivity index (χ3n) is 2.43. The number of hydrogen-bond acceptors (Lipinski definition) is 2. The Labute approximate surface area is 90.8 Å². The number of fused-ring (bicyclic) bond motifs is 1. The Balaban J connectivity index is 2.45. The number of hydrogen-bond donors (Lipinski definition) is 2. The van der Waals surface area contributed by atoms with E-state index in [0.717, 1.165) is 22.0 Å². The fourth-order valence-electron chi connectivity index (χ4n) is 1.68. The highest BCUT2D eigenvalue weighted by Crippen LogP contribution is 2.24. The van der Waals surface area contributed by atoms with Crippen LogP contribution < -0.4 is 11.1 Å². The molecule has 1 aliphatic heterocycles. The molecule has 3 N–H and O–H groups in total. The van der Waals surface area contributed by atoms with Crippen molar-refractivity contribution in [3.05, 3.63) is 33.8 Å². The van der Waals surface area contributed by atoms with Crippen LogP contribution in [0.15, 0.2) is 22.7 Å². The molecule has 0 radical (unpaired) electrons. The average molecular weight is 255 g/mol. The Kier molecular flexibility index (Phi) is 2.56. The highest BCUT2D eigenvalue weighted by Gasteiger charge is 2.24. The van der Waals surface area contributed by atoms with E-state index < -0.39 is 0 Å². The third-order valence-corrected chi connectivity index (χ3v) is 3.18. The summed E-state index contributed by atoms with van der Waals surface area (Å²) < 4.78 is 0.989. The first kappa shape index (κ1) is 9.68. The predicted molar refractivity (Wildman–Crippen MR) is 58.2 cm³/mol. The molecule has 4 heteroatoms. The monoisotopic (exact) mass is 254 g/mol. The van der Waals surface area contributed by atoms with Crippen molar-refractivity contribution in [3.8, 4) is 0 Å². The highest BCUT2D eigenvalue weighted by molar-refractivity contribution is 9.10. The van der Waals surface area contributed by atoms with E-state index in [4.69, 9.17) is 5.73 Å². The number of rotatable bonds is 1. The summed E-state index contributed by atoms with van der Waals surface area (Å²) in [5.74, 6) is -0.0250. The van der Waals surface area contributed by atoms with E-state index in [0.29, 0.717) is 6.54 Å². The number of benzene rings is 1. The van der Waals surface area contributed by atoms with Crippen molar-refractivity contribution in [2.75, 3.05) is 6.54 Å². The maximum atomic E-state index is 11.6. The summed E-state index contributed by atoms with van der Waals surface area (Å²) in [6.07, 6.45) is 0.805. The molecule has 74 valence electrons. The van der Waals surface area contributed by atoms with Crippen LogP contribution in [0.2, 0.25) is 0 Å². The quantitative estimate of drug-likeness (QED) is 0.788. The molecule has 1 amide bonds. The number of nitrogens with two attached hydrogens (primary N) is 1. The van der Waals surface area contributed by atoms with Gasteiger partial charge in [-0.3, -0.25) is 4.79 Å². The normalized spacial score (nSPS) is 20.1. The summed E-state index contributed by atoms with van der Waals surface area (Å²) >= 11 is 3.45. The Morgan fingerprint density at radius 3 is 3.07 bits per heavy atom. The van der Waals surface area contributed by atoms with Gasteiger partial charge in [-0.1, -0.05) is 22.0 Å². The molecule has 1 heterocycles. The smallest absolute Gasteiger partial charge is 0.251 e. The first-order chi connectivity index (χ1) is 6.72. The van der Waals surface area contributed by atoms with Gasteiger partial charge in [0.2, 0.25) is 0 Å². The van der Waals surface area contributed by atoms with Gasteiger partial charge in [-0.2, -0.15) is 0 Å². The SMILES string of the molecule is NCC1Cc2c(Br)cccc2C(=O)N1. The van der Waals surface area contributed by atoms with Gasteiger partial charge in [0.05, 0.1) is 0 Å². The van der Waals surface area contributed by atoms with Gasteiger partial charge in [0.1, 0.15) is 0 Å². The average Bonchev–Trinajstić information content (AvgIpc) is 2.19. The fourth-order valence-corrected chi connectivity index (χ4v) is 2.21. The van der Waals surface area contributed by atoms with Crippen molar-refractivity contribution in [2.45, 2.75) is 12.5 Å². The van der Waals surface area contributed by atoms with Gasteiger partial charge in [0, 0.05) is 22.6 Å². The molecule has 1 unspecified atom stereocenters. The van der Waals surface area contributed by atoms with Gasteiger partial charge in [0.25, 0.3) is 5.91 Å². The van der Waals surface area contributed by atoms with E-state index >= 15 is 0 Å². The molecule has 14 heavy (non-hydrogen) atoms. The minimum Gasteiger partial charge on any atom is -0.348 e. The number of carbonyl (C=O) groups is 1. The Bertz CT molecular complexity index is 378. The van der Waals surface area contributed by atoms with Crippen LogP contribution in [-0.2, 0) is 6.42 Å². The minimum atomic E-state index is -0.0250. The standard InChI is InChI=1S/C10H11BrN2O/c11-9-3-1-2-7-8(9)4-6(5-12)13-10(7)14/h1-3,6H,4-5,12H2,(H,13,14). The minimum absolute atomic E-state index is 0.0250. The van der Waals surface area contributed by atoms with E-state index in [1.54, 1.807) is 0 Å². The van der Waals surface area contributed by atoms with Crippen LogP contribution in [0, 0.1) is 0 Å². The molecular weight excluding hydrogens is 244 g/mol. The molecule has 0 bridgehead atoms. The second-order valence-electron chi connectivity index (χ2n) is 3.38. The lowest BCUT2D eigenvalue weighted by Gasteiger charge is -2.25. The number of nitrogens with one attached hydrogen (secondary N) is 1. The summed E-state index contributed by atoms with van der Waals surface area (Å²) in [5.41, 5.74) is 7.36. The van der Waals surface area contributed by atoms with Crippen molar-refractivity contribution >= 4 is 21.8 Å². The molecule has 0 saturated carbocycles. The Morgan fingerprint density at radius 2 is 2.36 bits per heavy atom. The summed E-state index contributed by atoms with van der Waals surface area (Å²) in [7, 11) is 0. The molecule has 3 nitrogen and oxygen atoms in total. The molecule has 0 fully saturated rings. The van der Waals surface area contributed by atoms with Gasteiger partial charge in [-0.25, -0.2) is 0 Å². The lowest BCUT2D eigenvalue weighted by Crippen LogP contribution is -2.45. The molecule has 2 rings (SSSR count). The summed E-state index contributed by atoms with van der Waals surface area (Å²) in [5, 5.41) is 2.86. The summed E-state index contributed by atoms with van der Waals surface area (Å²) in [6.45, 7) is 0.479. The molecular formula is C10H11BrN2O. The van der Waals surface area contributed by atoms with Crippen LogP contribution in [0.3, 0.4) is 0 Å². The molecule has 0 saturated heterocycles. The predicted octanol–water partition coefficient (Wildman–Crippen LogP) is 1.06. The van der Waals surface area contributed by atoms with Crippen molar-refractivity contribution in [2.24, 2.45) is 5.73 Å². The fraction of sp³-hybridized carbons (Fsp3) is 0.300. The molecule has 1 aliphatic rings. The van der Waals surface area contributed by atoms with Crippen LogP contribution in [-0.4, -0.2) is 18.5 Å². The van der Waals surface area contributed by atoms with Crippen molar-refractivity contribution < 1.29 is 4.79 Å². The third kappa shape index (κ3) is 1.55. The zero-order valence-corrected chi connectivity index (χ0v) is 9.17. The van der Waals surface area contributed by atoms with Gasteiger partial charge < -0.3 is 11.1 Å². The Morgan fingerprint density at radius 1 is 1.57 bits per heavy atom. The first-order valence-corrected chi connectivity index (χ1v) is 5.30. The van der Waals surface area contributed by atoms with E-state index in [1.807, 2.05) is 18.2 Å². The molecule has 0 spiro atoms. The molecule has 1 aromatic rings. The lowest BCUT2D eigenvalue weighted by atomic mass is 9.95. The lowest BCUT2D eigenvalue weighted by molar-refractivity contribution is 0.0926. The number of amides is 1. The van der Waals surface area contributed by atoms with Crippen LogP contribution in [0.25, 0.3) is 0 Å². The van der Waals surface area contributed by atoms with Gasteiger partial charge >= 0.3 is 0 Å². The first-order valence-electron chi connectivity index (χ1n) is 4.50. The van der Waals surface area contributed by atoms with Crippen molar-refractivity contribution in [1.82, 2.24) is 5.32 Å². The topological polar surface area (TPSA) is 55.1 Å². The molecule has 0 aromatic heterocycles. The zero-order valence-electron chi connectivity index (χ0n) is 7.59. The van der Waals surface area contributed by atoms with Gasteiger partial charge in [-0.15, -0.1) is 0 Å².